The van der Waals surface area contributed by atoms with Gasteiger partial charge in [0, 0.05) is 25.2 Å². The lowest BCUT2D eigenvalue weighted by atomic mass is 10.1. The summed E-state index contributed by atoms with van der Waals surface area (Å²) in [6.45, 7) is 4.61. The lowest BCUT2D eigenvalue weighted by Gasteiger charge is -2.26. The van der Waals surface area contributed by atoms with Crippen LogP contribution in [0.3, 0.4) is 0 Å². The van der Waals surface area contributed by atoms with Gasteiger partial charge in [-0.05, 0) is 62.8 Å². The normalized spacial score (nSPS) is 19.8. The Morgan fingerprint density at radius 2 is 2.16 bits per heavy atom. The molecule has 0 spiro atoms. The van der Waals surface area contributed by atoms with Crippen LogP contribution >= 0.6 is 0 Å². The first kappa shape index (κ1) is 16.2. The highest BCUT2D eigenvalue weighted by Gasteiger charge is 2.24. The summed E-state index contributed by atoms with van der Waals surface area (Å²) in [6, 6.07) is 6.34. The summed E-state index contributed by atoms with van der Waals surface area (Å²) in [4.78, 5) is 17.0. The first-order chi connectivity index (χ1) is 12.1. The predicted octanol–water partition coefficient (Wildman–Crippen LogP) is 2.58. The Balaban J connectivity index is 1.35. The molecule has 0 saturated carbocycles. The van der Waals surface area contributed by atoms with Gasteiger partial charge in [-0.25, -0.2) is 4.98 Å². The number of carbonyl (C=O) groups excluding carboxylic acids is 1. The molecular formula is C20H25N3O2. The van der Waals surface area contributed by atoms with Gasteiger partial charge >= 0.3 is 0 Å². The highest BCUT2D eigenvalue weighted by atomic mass is 16.5. The minimum Gasteiger partial charge on any atom is -0.481 e. The minimum absolute atomic E-state index is 0.0502. The molecule has 1 aromatic heterocycles. The van der Waals surface area contributed by atoms with Crippen molar-refractivity contribution in [1.82, 2.24) is 14.9 Å². The van der Waals surface area contributed by atoms with E-state index in [1.54, 1.807) is 0 Å². The van der Waals surface area contributed by atoms with Crippen LogP contribution in [0.25, 0.3) is 0 Å². The molecule has 5 nitrogen and oxygen atoms in total. The molecular weight excluding hydrogens is 314 g/mol. The van der Waals surface area contributed by atoms with Gasteiger partial charge in [0.2, 0.25) is 0 Å². The number of nitrogens with one attached hydrogen (secondary N) is 1. The van der Waals surface area contributed by atoms with E-state index >= 15 is 0 Å². The number of carbonyl (C=O) groups is 1. The highest BCUT2D eigenvalue weighted by Crippen LogP contribution is 2.26. The van der Waals surface area contributed by atoms with E-state index in [1.165, 1.54) is 17.5 Å². The van der Waals surface area contributed by atoms with Crippen molar-refractivity contribution in [2.24, 2.45) is 0 Å². The molecule has 2 atom stereocenters. The lowest BCUT2D eigenvalue weighted by molar-refractivity contribution is -0.128. The Kier molecular flexibility index (Phi) is 4.24. The van der Waals surface area contributed by atoms with Crippen molar-refractivity contribution >= 4 is 5.91 Å². The first-order valence-electron chi connectivity index (χ1n) is 9.20. The van der Waals surface area contributed by atoms with E-state index in [0.29, 0.717) is 0 Å². The Morgan fingerprint density at radius 3 is 3.04 bits per heavy atom. The maximum atomic E-state index is 12.5. The second-order valence-electron chi connectivity index (χ2n) is 7.24. The third-order valence-electron chi connectivity index (χ3n) is 5.21. The van der Waals surface area contributed by atoms with Crippen molar-refractivity contribution in [2.45, 2.75) is 64.6 Å². The summed E-state index contributed by atoms with van der Waals surface area (Å²) in [5.41, 5.74) is 3.81. The van der Waals surface area contributed by atoms with Gasteiger partial charge in [-0.2, -0.15) is 0 Å². The molecule has 1 aliphatic carbocycles. The fourth-order valence-corrected chi connectivity index (χ4v) is 3.90. The van der Waals surface area contributed by atoms with Crippen LogP contribution in [0.2, 0.25) is 0 Å². The summed E-state index contributed by atoms with van der Waals surface area (Å²) in [5, 5.41) is 3.13. The molecule has 25 heavy (non-hydrogen) atoms. The number of aromatic nitrogens is 2. The number of rotatable bonds is 4. The van der Waals surface area contributed by atoms with Gasteiger partial charge in [0.05, 0.1) is 5.69 Å². The van der Waals surface area contributed by atoms with Crippen LogP contribution in [0.15, 0.2) is 24.4 Å². The van der Waals surface area contributed by atoms with Gasteiger partial charge in [-0.15, -0.1) is 0 Å². The molecule has 2 aliphatic rings. The molecule has 132 valence electrons. The van der Waals surface area contributed by atoms with E-state index in [2.05, 4.69) is 33.2 Å². The van der Waals surface area contributed by atoms with Crippen LogP contribution in [0.4, 0.5) is 0 Å². The maximum absolute atomic E-state index is 12.5. The molecule has 0 bridgehead atoms. The number of benzene rings is 1. The first-order valence-corrected chi connectivity index (χ1v) is 9.20. The van der Waals surface area contributed by atoms with Crippen LogP contribution < -0.4 is 10.1 Å². The van der Waals surface area contributed by atoms with Crippen LogP contribution in [0, 0.1) is 6.92 Å². The van der Waals surface area contributed by atoms with Crippen molar-refractivity contribution < 1.29 is 9.53 Å². The van der Waals surface area contributed by atoms with Crippen LogP contribution in [-0.4, -0.2) is 27.6 Å². The molecule has 4 rings (SSSR count). The van der Waals surface area contributed by atoms with E-state index in [4.69, 9.17) is 4.74 Å². The van der Waals surface area contributed by atoms with E-state index in [-0.39, 0.29) is 11.9 Å². The third-order valence-corrected chi connectivity index (χ3v) is 5.21. The number of amides is 1. The van der Waals surface area contributed by atoms with Crippen molar-refractivity contribution in [3.05, 3.63) is 47.0 Å². The van der Waals surface area contributed by atoms with Crippen LogP contribution in [0.1, 0.15) is 42.4 Å². The Morgan fingerprint density at radius 1 is 1.32 bits per heavy atom. The Bertz CT molecular complexity index is 796. The number of ether oxygens (including phenoxy) is 1. The smallest absolute Gasteiger partial charge is 0.261 e. The van der Waals surface area contributed by atoms with Gasteiger partial charge in [0.25, 0.3) is 5.91 Å². The highest BCUT2D eigenvalue weighted by molar-refractivity contribution is 5.81. The second kappa shape index (κ2) is 6.54. The molecule has 0 radical (unpaired) electrons. The third kappa shape index (κ3) is 3.41. The number of fused-ring (bicyclic) bond motifs is 2. The number of nitrogens with zero attached hydrogens (tertiary/aromatic N) is 2. The molecule has 0 unspecified atom stereocenters. The van der Waals surface area contributed by atoms with Gasteiger partial charge in [0.1, 0.15) is 11.6 Å². The average Bonchev–Trinajstić information content (AvgIpc) is 3.19. The second-order valence-corrected chi connectivity index (χ2v) is 7.24. The van der Waals surface area contributed by atoms with Gasteiger partial charge in [-0.3, -0.25) is 4.79 Å². The van der Waals surface area contributed by atoms with Gasteiger partial charge in [0.15, 0.2) is 6.10 Å². The van der Waals surface area contributed by atoms with Crippen molar-refractivity contribution in [1.29, 1.82) is 0 Å². The largest absolute Gasteiger partial charge is 0.481 e. The molecule has 0 saturated heterocycles. The zero-order chi connectivity index (χ0) is 17.4. The summed E-state index contributed by atoms with van der Waals surface area (Å²) in [5.74, 6) is 1.86. The van der Waals surface area contributed by atoms with Crippen molar-refractivity contribution in [2.75, 3.05) is 0 Å². The van der Waals surface area contributed by atoms with Crippen LogP contribution in [-0.2, 0) is 30.6 Å². The standard InChI is InChI=1S/C20H25N3O2/c1-13-11-23-12-17(7-9-19(23)21-13)22-20(24)14(2)25-18-8-6-15-4-3-5-16(15)10-18/h6,8,10-11,14,17H,3-5,7,9,12H2,1-2H3,(H,22,24)/t14-,17-/m1/s1. The number of hydrogen-bond donors (Lipinski definition) is 1. The summed E-state index contributed by atoms with van der Waals surface area (Å²) in [7, 11) is 0. The average molecular weight is 339 g/mol. The molecule has 1 aliphatic heterocycles. The number of imidazole rings is 1. The van der Waals surface area contributed by atoms with E-state index in [9.17, 15) is 4.79 Å². The lowest BCUT2D eigenvalue weighted by Crippen LogP contribution is -2.46. The molecule has 1 N–H and O–H groups in total. The van der Waals surface area contributed by atoms with Crippen LogP contribution in [0.5, 0.6) is 5.75 Å². The van der Waals surface area contributed by atoms with Crippen molar-refractivity contribution in [3.8, 4) is 5.75 Å². The molecule has 0 fully saturated rings. The summed E-state index contributed by atoms with van der Waals surface area (Å²) >= 11 is 0. The predicted molar refractivity (Wildman–Crippen MR) is 95.8 cm³/mol. The van der Waals surface area contributed by atoms with Crippen molar-refractivity contribution in [3.63, 3.8) is 0 Å². The Hall–Kier alpha value is -2.30. The van der Waals surface area contributed by atoms with E-state index in [0.717, 1.165) is 49.5 Å². The zero-order valence-corrected chi connectivity index (χ0v) is 14.9. The molecule has 1 amide bonds. The SMILES string of the molecule is Cc1cn2c(n1)CC[C@@H](NC(=O)[C@@H](C)Oc1ccc3c(c1)CCC3)C2. The molecule has 1 aromatic carbocycles. The van der Waals surface area contributed by atoms with E-state index < -0.39 is 6.10 Å². The topological polar surface area (TPSA) is 56.2 Å². The fourth-order valence-electron chi connectivity index (χ4n) is 3.90. The van der Waals surface area contributed by atoms with E-state index in [1.807, 2.05) is 19.9 Å². The maximum Gasteiger partial charge on any atom is 0.261 e. The Labute approximate surface area is 148 Å². The molecule has 2 aromatic rings. The summed E-state index contributed by atoms with van der Waals surface area (Å²) < 4.78 is 8.03. The molecule has 5 heteroatoms. The van der Waals surface area contributed by atoms with Gasteiger partial charge < -0.3 is 14.6 Å². The minimum atomic E-state index is -0.495. The zero-order valence-electron chi connectivity index (χ0n) is 14.9. The summed E-state index contributed by atoms with van der Waals surface area (Å²) in [6.07, 6.45) is 6.87. The van der Waals surface area contributed by atoms with Gasteiger partial charge in [-0.1, -0.05) is 6.07 Å². The monoisotopic (exact) mass is 339 g/mol. The fraction of sp³-hybridized carbons (Fsp3) is 0.500. The number of hydrogen-bond acceptors (Lipinski definition) is 3. The number of aryl methyl sites for hydroxylation is 4. The quantitative estimate of drug-likeness (QED) is 0.931. The molecule has 2 heterocycles.